The molecule has 3 aromatic heterocycles. The summed E-state index contributed by atoms with van der Waals surface area (Å²) in [6, 6.07) is 4.02. The molecule has 2 saturated heterocycles. The number of benzene rings is 1. The van der Waals surface area contributed by atoms with Crippen LogP contribution in [0.2, 0.25) is 5.02 Å². The average Bonchev–Trinajstić information content (AvgIpc) is 3.50. The van der Waals surface area contributed by atoms with Crippen molar-refractivity contribution in [3.63, 3.8) is 0 Å². The van der Waals surface area contributed by atoms with Crippen molar-refractivity contribution >= 4 is 40.0 Å². The van der Waals surface area contributed by atoms with E-state index in [4.69, 9.17) is 42.3 Å². The summed E-state index contributed by atoms with van der Waals surface area (Å²) in [6.45, 7) is 4.08. The quantitative estimate of drug-likeness (QED) is 0.245. The Kier molecular flexibility index (Phi) is 6.85. The largest absolute Gasteiger partial charge is 0.489 e. The molecule has 1 aromatic carbocycles. The Balaban J connectivity index is 1.47. The number of fused-ring (bicyclic) bond motifs is 1. The number of nitrogens with two attached hydrogens (primary N) is 2. The normalized spacial score (nSPS) is 21.3. The second-order valence-corrected chi connectivity index (χ2v) is 12.2. The number of aryl methyl sites for hydroxylation is 1. The second kappa shape index (κ2) is 10.4. The Bertz CT molecular complexity index is 1850. The summed E-state index contributed by atoms with van der Waals surface area (Å²) in [5, 5.41) is -0.347. The highest BCUT2D eigenvalue weighted by Crippen LogP contribution is 2.52. The van der Waals surface area contributed by atoms with E-state index in [2.05, 4.69) is 15.0 Å². The van der Waals surface area contributed by atoms with Gasteiger partial charge in [0.25, 0.3) is 0 Å². The molecule has 4 N–H and O–H groups in total. The summed E-state index contributed by atoms with van der Waals surface area (Å²) >= 11 is 6.75. The number of rotatable bonds is 6. The van der Waals surface area contributed by atoms with Crippen molar-refractivity contribution in [2.24, 2.45) is 5.41 Å². The lowest BCUT2D eigenvalue weighted by Crippen LogP contribution is -2.38. The van der Waals surface area contributed by atoms with Crippen molar-refractivity contribution in [3.05, 3.63) is 51.9 Å². The lowest BCUT2D eigenvalue weighted by atomic mass is 9.71. The van der Waals surface area contributed by atoms with E-state index in [1.54, 1.807) is 12.3 Å². The van der Waals surface area contributed by atoms with Crippen LogP contribution >= 0.6 is 11.6 Å². The number of hydrogen-bond donors (Lipinski definition) is 2. The molecule has 8 rings (SSSR count). The fourth-order valence-electron chi connectivity index (χ4n) is 6.58. The van der Waals surface area contributed by atoms with Crippen LogP contribution < -0.4 is 25.8 Å². The van der Waals surface area contributed by atoms with E-state index in [0.29, 0.717) is 18.0 Å². The van der Waals surface area contributed by atoms with Crippen LogP contribution in [0.1, 0.15) is 42.5 Å². The molecule has 0 amide bonds. The molecule has 0 unspecified atom stereocenters. The van der Waals surface area contributed by atoms with Gasteiger partial charge in [-0.15, -0.1) is 0 Å². The van der Waals surface area contributed by atoms with E-state index in [9.17, 15) is 13.2 Å². The van der Waals surface area contributed by atoms with E-state index in [0.717, 1.165) is 18.9 Å². The van der Waals surface area contributed by atoms with E-state index in [-0.39, 0.29) is 71.1 Å². The van der Waals surface area contributed by atoms with Gasteiger partial charge in [-0.3, -0.25) is 0 Å². The molecule has 236 valence electrons. The number of ether oxygens (including phenoxy) is 3. The first-order valence-corrected chi connectivity index (χ1v) is 14.7. The number of halogens is 5. The zero-order chi connectivity index (χ0) is 31.8. The van der Waals surface area contributed by atoms with Gasteiger partial charge >= 0.3 is 12.2 Å². The van der Waals surface area contributed by atoms with E-state index >= 15 is 4.39 Å². The monoisotopic (exact) mass is 645 g/mol. The molecule has 1 aliphatic carbocycles. The molecule has 1 atom stereocenters. The van der Waals surface area contributed by atoms with Gasteiger partial charge in [0.15, 0.2) is 11.6 Å². The van der Waals surface area contributed by atoms with Crippen LogP contribution in [0, 0.1) is 18.2 Å². The third-order valence-electron chi connectivity index (χ3n) is 8.79. The highest BCUT2D eigenvalue weighted by molar-refractivity contribution is 6.36. The molecular weight excluding hydrogens is 618 g/mol. The van der Waals surface area contributed by atoms with Crippen LogP contribution in [0.15, 0.2) is 24.4 Å². The van der Waals surface area contributed by atoms with Crippen molar-refractivity contribution in [2.75, 3.05) is 42.7 Å². The maximum Gasteiger partial charge on any atom is 0.418 e. The molecule has 3 fully saturated rings. The van der Waals surface area contributed by atoms with E-state index in [1.165, 1.54) is 6.92 Å². The molecule has 15 heteroatoms. The van der Waals surface area contributed by atoms with Gasteiger partial charge in [0.05, 0.1) is 59.1 Å². The minimum atomic E-state index is -4.90. The first-order chi connectivity index (χ1) is 21.4. The summed E-state index contributed by atoms with van der Waals surface area (Å²) in [5.74, 6) is -0.973. The highest BCUT2D eigenvalue weighted by atomic mass is 35.5. The maximum absolute atomic E-state index is 16.8. The van der Waals surface area contributed by atoms with Crippen LogP contribution in [-0.2, 0) is 10.9 Å². The molecule has 0 spiro atoms. The van der Waals surface area contributed by atoms with Crippen molar-refractivity contribution in [1.29, 1.82) is 0 Å². The molecule has 2 bridgehead atoms. The van der Waals surface area contributed by atoms with Gasteiger partial charge in [0.1, 0.15) is 29.6 Å². The Morgan fingerprint density at radius 2 is 2.00 bits per heavy atom. The highest BCUT2D eigenvalue weighted by Gasteiger charge is 2.52. The molecule has 45 heavy (non-hydrogen) atoms. The first kappa shape index (κ1) is 29.5. The standard InChI is InChI=1S/C30H28ClF4N7O3/c1-13-8-17(36)39-23(20(13)30(33,34)35)18-21(31)25-19-24(22(18)32)40-28(45-12-29-9-15(10-29)44-11-29)41-27(19)42(6-7-43-25)14(2)16-4-3-5-38-26(16)37/h3-5,8,14-15H,6-7,9-12H2,1-2H3,(H2,36,39)(H2,37,38)/t14-,15?,29?/m1/s1. The average molecular weight is 646 g/mol. The minimum absolute atomic E-state index is 0.0221. The smallest absolute Gasteiger partial charge is 0.418 e. The van der Waals surface area contributed by atoms with Crippen LogP contribution in [0.5, 0.6) is 11.8 Å². The number of nitrogens with zero attached hydrogens (tertiary/aromatic N) is 5. The number of hydrogen-bond acceptors (Lipinski definition) is 10. The molecular formula is C30H28ClF4N7O3. The SMILES string of the molecule is Cc1cc(N)nc(-c2c(Cl)c3c4c(nc(OCC56COC(C5)C6)nc4c2F)N([C@H](C)c2cccnc2N)CCO3)c1C(F)(F)F. The molecule has 3 aliphatic heterocycles. The third kappa shape index (κ3) is 4.81. The predicted octanol–water partition coefficient (Wildman–Crippen LogP) is 5.89. The van der Waals surface area contributed by atoms with Gasteiger partial charge in [0, 0.05) is 17.2 Å². The second-order valence-electron chi connectivity index (χ2n) is 11.8. The number of nitrogen functional groups attached to an aromatic ring is 2. The molecule has 1 saturated carbocycles. The summed E-state index contributed by atoms with van der Waals surface area (Å²) in [5.41, 5.74) is 9.37. The maximum atomic E-state index is 16.8. The zero-order valence-corrected chi connectivity index (χ0v) is 25.0. The zero-order valence-electron chi connectivity index (χ0n) is 24.2. The van der Waals surface area contributed by atoms with Crippen LogP contribution in [-0.4, -0.2) is 52.4 Å². The van der Waals surface area contributed by atoms with Crippen molar-refractivity contribution in [2.45, 2.75) is 45.0 Å². The van der Waals surface area contributed by atoms with Crippen molar-refractivity contribution in [1.82, 2.24) is 19.9 Å². The van der Waals surface area contributed by atoms with Crippen LogP contribution in [0.3, 0.4) is 0 Å². The van der Waals surface area contributed by atoms with E-state index in [1.807, 2.05) is 17.9 Å². The Morgan fingerprint density at radius 3 is 2.69 bits per heavy atom. The van der Waals surface area contributed by atoms with Crippen LogP contribution in [0.4, 0.5) is 35.0 Å². The molecule has 6 heterocycles. The van der Waals surface area contributed by atoms with Gasteiger partial charge in [0.2, 0.25) is 0 Å². The Labute approximate surface area is 259 Å². The van der Waals surface area contributed by atoms with Gasteiger partial charge in [-0.1, -0.05) is 17.7 Å². The summed E-state index contributed by atoms with van der Waals surface area (Å²) in [6.07, 6.45) is -1.50. The lowest BCUT2D eigenvalue weighted by molar-refractivity contribution is -0.137. The summed E-state index contributed by atoms with van der Waals surface area (Å²) in [7, 11) is 0. The Morgan fingerprint density at radius 1 is 1.22 bits per heavy atom. The number of alkyl halides is 3. The third-order valence-corrected chi connectivity index (χ3v) is 9.15. The van der Waals surface area contributed by atoms with Crippen LogP contribution in [0.25, 0.3) is 22.2 Å². The molecule has 10 nitrogen and oxygen atoms in total. The number of aromatic nitrogens is 4. The first-order valence-electron chi connectivity index (χ1n) is 14.3. The fourth-order valence-corrected chi connectivity index (χ4v) is 6.90. The Hall–Kier alpha value is -4.17. The fraction of sp³-hybridized carbons (Fsp3) is 0.400. The van der Waals surface area contributed by atoms with Gasteiger partial charge in [-0.2, -0.15) is 23.1 Å². The van der Waals surface area contributed by atoms with Crippen molar-refractivity contribution < 1.29 is 31.8 Å². The summed E-state index contributed by atoms with van der Waals surface area (Å²) in [4.78, 5) is 19.0. The molecule has 0 radical (unpaired) electrons. The lowest BCUT2D eigenvalue weighted by Gasteiger charge is -2.34. The van der Waals surface area contributed by atoms with Crippen molar-refractivity contribution in [3.8, 4) is 23.0 Å². The van der Waals surface area contributed by atoms with E-state index < -0.39 is 39.9 Å². The topological polar surface area (TPSA) is 135 Å². The minimum Gasteiger partial charge on any atom is -0.489 e. The molecule has 4 aliphatic rings. The van der Waals surface area contributed by atoms with Gasteiger partial charge in [-0.25, -0.2) is 14.4 Å². The van der Waals surface area contributed by atoms with Gasteiger partial charge < -0.3 is 30.6 Å². The number of pyridine rings is 2. The number of anilines is 3. The predicted molar refractivity (Wildman–Crippen MR) is 159 cm³/mol. The summed E-state index contributed by atoms with van der Waals surface area (Å²) < 4.78 is 77.7. The van der Waals surface area contributed by atoms with Gasteiger partial charge in [-0.05, 0) is 44.4 Å². The molecule has 4 aromatic rings.